The molecule has 0 aliphatic heterocycles. The number of ether oxygens (including phenoxy) is 1. The number of hydrogen-bond acceptors (Lipinski definition) is 5. The van der Waals surface area contributed by atoms with Gasteiger partial charge in [-0.05, 0) is 25.0 Å². The van der Waals surface area contributed by atoms with Crippen LogP contribution in [-0.4, -0.2) is 25.2 Å². The number of aromatic nitrogens is 1. The van der Waals surface area contributed by atoms with Crippen LogP contribution in [0.1, 0.15) is 29.9 Å². The molecule has 2 rings (SSSR count). The molecule has 0 atom stereocenters. The van der Waals surface area contributed by atoms with Crippen LogP contribution in [0.3, 0.4) is 0 Å². The highest BCUT2D eigenvalue weighted by molar-refractivity contribution is 7.15. The summed E-state index contributed by atoms with van der Waals surface area (Å²) in [6, 6.07) is 8.49. The van der Waals surface area contributed by atoms with E-state index in [1.807, 2.05) is 6.20 Å². The molecule has 0 amide bonds. The predicted octanol–water partition coefficient (Wildman–Crippen LogP) is 3.43. The summed E-state index contributed by atoms with van der Waals surface area (Å²) in [5, 5.41) is 4.60. The Morgan fingerprint density at radius 3 is 2.68 bits per heavy atom. The van der Waals surface area contributed by atoms with E-state index in [9.17, 15) is 0 Å². The molecule has 1 aromatic heterocycles. The molecule has 1 N–H and O–H groups in total. The minimum Gasteiger partial charge on any atom is -0.380 e. The Hall–Kier alpha value is -1.43. The predicted molar refractivity (Wildman–Crippen MR) is 93.4 cm³/mol. The van der Waals surface area contributed by atoms with Gasteiger partial charge in [0.1, 0.15) is 0 Å². The third kappa shape index (κ3) is 4.80. The van der Waals surface area contributed by atoms with Gasteiger partial charge in [-0.25, -0.2) is 4.98 Å². The average molecular weight is 319 g/mol. The highest BCUT2D eigenvalue weighted by atomic mass is 32.1. The molecular weight excluding hydrogens is 294 g/mol. The molecule has 0 radical (unpaired) electrons. The fraction of sp³-hybridized carbons (Fsp3) is 0.471. The van der Waals surface area contributed by atoms with Crippen LogP contribution in [0, 0.1) is 0 Å². The van der Waals surface area contributed by atoms with E-state index in [0.29, 0.717) is 6.61 Å². The molecule has 0 saturated carbocycles. The number of thiazole rings is 1. The van der Waals surface area contributed by atoms with E-state index in [-0.39, 0.29) is 0 Å². The minimum absolute atomic E-state index is 0.663. The molecule has 1 heterocycles. The maximum Gasteiger partial charge on any atom is 0.185 e. The Morgan fingerprint density at radius 1 is 1.18 bits per heavy atom. The number of methoxy groups -OCH3 is 1. The molecule has 0 unspecified atom stereocenters. The molecule has 0 aliphatic carbocycles. The summed E-state index contributed by atoms with van der Waals surface area (Å²) >= 11 is 1.77. The van der Waals surface area contributed by atoms with E-state index in [0.717, 1.165) is 31.3 Å². The molecule has 1 aromatic carbocycles. The normalized spacial score (nSPS) is 10.9. The highest BCUT2D eigenvalue weighted by Gasteiger charge is 2.07. The molecule has 0 fully saturated rings. The van der Waals surface area contributed by atoms with Gasteiger partial charge >= 0.3 is 0 Å². The van der Waals surface area contributed by atoms with Crippen molar-refractivity contribution in [3.63, 3.8) is 0 Å². The monoisotopic (exact) mass is 319 g/mol. The second-order valence-electron chi connectivity index (χ2n) is 5.14. The summed E-state index contributed by atoms with van der Waals surface area (Å²) in [6.45, 7) is 8.71. The zero-order chi connectivity index (χ0) is 15.8. The Balaban J connectivity index is 1.85. The van der Waals surface area contributed by atoms with Gasteiger partial charge in [-0.1, -0.05) is 24.3 Å². The Kier molecular flexibility index (Phi) is 6.83. The smallest absolute Gasteiger partial charge is 0.185 e. The largest absolute Gasteiger partial charge is 0.380 e. The second kappa shape index (κ2) is 8.88. The Bertz CT molecular complexity index is 567. The first kappa shape index (κ1) is 16.9. The number of nitrogens with zero attached hydrogens (tertiary/aromatic N) is 2. The van der Waals surface area contributed by atoms with Crippen LogP contribution in [0.25, 0.3) is 0 Å². The van der Waals surface area contributed by atoms with Gasteiger partial charge in [0, 0.05) is 44.4 Å². The van der Waals surface area contributed by atoms with Crippen LogP contribution in [0.15, 0.2) is 30.5 Å². The Morgan fingerprint density at radius 2 is 1.95 bits per heavy atom. The van der Waals surface area contributed by atoms with Crippen LogP contribution in [0.5, 0.6) is 0 Å². The zero-order valence-electron chi connectivity index (χ0n) is 13.6. The minimum atomic E-state index is 0.663. The van der Waals surface area contributed by atoms with Gasteiger partial charge in [0.15, 0.2) is 5.13 Å². The lowest BCUT2D eigenvalue weighted by Crippen LogP contribution is -2.21. The maximum absolute atomic E-state index is 5.17. The molecule has 120 valence electrons. The van der Waals surface area contributed by atoms with Crippen LogP contribution in [0.2, 0.25) is 0 Å². The molecule has 22 heavy (non-hydrogen) atoms. The first-order valence-corrected chi connectivity index (χ1v) is 8.55. The third-order valence-electron chi connectivity index (χ3n) is 3.51. The van der Waals surface area contributed by atoms with Crippen molar-refractivity contribution in [1.82, 2.24) is 10.3 Å². The summed E-state index contributed by atoms with van der Waals surface area (Å²) in [6.07, 6.45) is 1.98. The zero-order valence-corrected chi connectivity index (χ0v) is 14.4. The first-order valence-electron chi connectivity index (χ1n) is 7.74. The molecule has 5 heteroatoms. The van der Waals surface area contributed by atoms with Crippen molar-refractivity contribution in [2.75, 3.05) is 25.1 Å². The SMILES string of the molecule is CCN(CC)c1ncc(CNCc2cccc(COC)c2)s1. The third-order valence-corrected chi connectivity index (χ3v) is 4.56. The number of hydrogen-bond donors (Lipinski definition) is 1. The van der Waals surface area contributed by atoms with Crippen LogP contribution >= 0.6 is 11.3 Å². The summed E-state index contributed by atoms with van der Waals surface area (Å²) in [7, 11) is 1.72. The number of nitrogens with one attached hydrogen (secondary N) is 1. The quantitative estimate of drug-likeness (QED) is 0.768. The standard InChI is InChI=1S/C17H25N3OS/c1-4-20(5-2)17-19-12-16(22-17)11-18-10-14-7-6-8-15(9-14)13-21-3/h6-9,12,18H,4-5,10-11,13H2,1-3H3. The van der Waals surface area contributed by atoms with E-state index in [1.165, 1.54) is 16.0 Å². The molecule has 0 saturated heterocycles. The molecule has 0 bridgehead atoms. The lowest BCUT2D eigenvalue weighted by atomic mass is 10.1. The van der Waals surface area contributed by atoms with Crippen LogP contribution in [-0.2, 0) is 24.4 Å². The van der Waals surface area contributed by atoms with Gasteiger partial charge in [0.05, 0.1) is 6.61 Å². The molecular formula is C17H25N3OS. The van der Waals surface area contributed by atoms with Gasteiger partial charge in [-0.2, -0.15) is 0 Å². The van der Waals surface area contributed by atoms with E-state index in [2.05, 4.69) is 53.3 Å². The summed E-state index contributed by atoms with van der Waals surface area (Å²) < 4.78 is 5.17. The molecule has 2 aromatic rings. The van der Waals surface area contributed by atoms with E-state index in [1.54, 1.807) is 18.4 Å². The van der Waals surface area contributed by atoms with Gasteiger partial charge in [-0.3, -0.25) is 0 Å². The fourth-order valence-corrected chi connectivity index (χ4v) is 3.35. The maximum atomic E-state index is 5.17. The fourth-order valence-electron chi connectivity index (χ4n) is 2.35. The van der Waals surface area contributed by atoms with Gasteiger partial charge in [0.2, 0.25) is 0 Å². The highest BCUT2D eigenvalue weighted by Crippen LogP contribution is 2.22. The first-order chi connectivity index (χ1) is 10.8. The average Bonchev–Trinajstić information content (AvgIpc) is 2.98. The molecule has 0 spiro atoms. The van der Waals surface area contributed by atoms with Crippen molar-refractivity contribution in [3.8, 4) is 0 Å². The molecule has 4 nitrogen and oxygen atoms in total. The van der Waals surface area contributed by atoms with Gasteiger partial charge < -0.3 is 15.0 Å². The summed E-state index contributed by atoms with van der Waals surface area (Å²) in [5.41, 5.74) is 2.49. The van der Waals surface area contributed by atoms with Crippen molar-refractivity contribution in [3.05, 3.63) is 46.5 Å². The van der Waals surface area contributed by atoms with Crippen LogP contribution in [0.4, 0.5) is 5.13 Å². The second-order valence-corrected chi connectivity index (χ2v) is 6.23. The van der Waals surface area contributed by atoms with Gasteiger partial charge in [0.25, 0.3) is 0 Å². The van der Waals surface area contributed by atoms with Crippen molar-refractivity contribution in [2.24, 2.45) is 0 Å². The number of rotatable bonds is 9. The lowest BCUT2D eigenvalue weighted by Gasteiger charge is -2.16. The number of benzene rings is 1. The lowest BCUT2D eigenvalue weighted by molar-refractivity contribution is 0.185. The van der Waals surface area contributed by atoms with Gasteiger partial charge in [-0.15, -0.1) is 11.3 Å². The van der Waals surface area contributed by atoms with E-state index >= 15 is 0 Å². The van der Waals surface area contributed by atoms with Crippen molar-refractivity contribution >= 4 is 16.5 Å². The topological polar surface area (TPSA) is 37.4 Å². The van der Waals surface area contributed by atoms with Crippen LogP contribution < -0.4 is 10.2 Å². The van der Waals surface area contributed by atoms with Crippen molar-refractivity contribution < 1.29 is 4.74 Å². The number of anilines is 1. The van der Waals surface area contributed by atoms with Crippen molar-refractivity contribution in [1.29, 1.82) is 0 Å². The van der Waals surface area contributed by atoms with E-state index in [4.69, 9.17) is 4.74 Å². The Labute approximate surface area is 137 Å². The van der Waals surface area contributed by atoms with E-state index < -0.39 is 0 Å². The molecule has 0 aliphatic rings. The van der Waals surface area contributed by atoms with Crippen molar-refractivity contribution in [2.45, 2.75) is 33.5 Å². The summed E-state index contributed by atoms with van der Waals surface area (Å²) in [4.78, 5) is 8.06. The summed E-state index contributed by atoms with van der Waals surface area (Å²) in [5.74, 6) is 0.